The molecule has 14 heavy (non-hydrogen) atoms. The Morgan fingerprint density at radius 2 is 1.86 bits per heavy atom. The number of hydrogen-bond donors (Lipinski definition) is 1. The fourth-order valence-electron chi connectivity index (χ4n) is 0.904. The molecule has 1 rings (SSSR count). The number of alkyl halides is 4. The van der Waals surface area contributed by atoms with E-state index in [1.807, 2.05) is 0 Å². The lowest BCUT2D eigenvalue weighted by atomic mass is 10.00. The Kier molecular flexibility index (Phi) is 3.12. The van der Waals surface area contributed by atoms with Gasteiger partial charge in [-0.05, 0) is 0 Å². The molecule has 0 amide bonds. The average Bonchev–Trinajstić information content (AvgIpc) is 2.06. The normalized spacial score (nSPS) is 33.8. The van der Waals surface area contributed by atoms with Crippen molar-refractivity contribution in [3.8, 4) is 0 Å². The molecule has 0 aromatic carbocycles. The van der Waals surface area contributed by atoms with Crippen LogP contribution in [0.4, 0.5) is 13.2 Å². The number of aliphatic hydroxyl groups is 1. The van der Waals surface area contributed by atoms with Gasteiger partial charge in [0.25, 0.3) is 0 Å². The van der Waals surface area contributed by atoms with Crippen molar-refractivity contribution in [1.82, 2.24) is 0 Å². The van der Waals surface area contributed by atoms with E-state index in [2.05, 4.69) is 0 Å². The molecule has 0 spiro atoms. The predicted octanol–water partition coefficient (Wildman–Crippen LogP) is 3.15. The molecule has 0 radical (unpaired) electrons. The Morgan fingerprint density at radius 3 is 2.29 bits per heavy atom. The van der Waals surface area contributed by atoms with Crippen LogP contribution in [0.3, 0.4) is 0 Å². The zero-order valence-electron chi connectivity index (χ0n) is 6.45. The first-order valence-corrected chi connectivity index (χ1v) is 4.52. The van der Waals surface area contributed by atoms with E-state index >= 15 is 0 Å². The Balaban J connectivity index is 3.22. The van der Waals surface area contributed by atoms with Crippen molar-refractivity contribution in [3.63, 3.8) is 0 Å². The van der Waals surface area contributed by atoms with Gasteiger partial charge in [0, 0.05) is 0 Å². The van der Waals surface area contributed by atoms with Crippen LogP contribution in [0.25, 0.3) is 0 Å². The van der Waals surface area contributed by atoms with Crippen LogP contribution in [-0.2, 0) is 0 Å². The summed E-state index contributed by atoms with van der Waals surface area (Å²) in [5, 5.41) is 7.73. The largest absolute Gasteiger partial charge is 0.416 e. The first kappa shape index (κ1) is 12.2. The maximum atomic E-state index is 12.4. The lowest BCUT2D eigenvalue weighted by Gasteiger charge is -2.30. The van der Waals surface area contributed by atoms with Crippen molar-refractivity contribution in [1.29, 1.82) is 0 Å². The minimum atomic E-state index is -4.76. The zero-order valence-corrected chi connectivity index (χ0v) is 8.71. The number of rotatable bonds is 0. The lowest BCUT2D eigenvalue weighted by molar-refractivity contribution is -0.140. The highest BCUT2D eigenvalue weighted by molar-refractivity contribution is 6.46. The lowest BCUT2D eigenvalue weighted by Crippen LogP contribution is -2.41. The van der Waals surface area contributed by atoms with Crippen molar-refractivity contribution in [2.45, 2.75) is 17.2 Å². The number of hydrogen-bond acceptors (Lipinski definition) is 1. The second kappa shape index (κ2) is 3.59. The summed E-state index contributed by atoms with van der Waals surface area (Å²) in [6, 6.07) is 0. The van der Waals surface area contributed by atoms with Gasteiger partial charge in [-0.2, -0.15) is 13.2 Å². The van der Waals surface area contributed by atoms with Gasteiger partial charge in [0.05, 0.1) is 10.1 Å². The molecule has 0 fully saturated rings. The molecule has 7 heteroatoms. The van der Waals surface area contributed by atoms with Gasteiger partial charge in [-0.15, -0.1) is 0 Å². The number of allylic oxidation sites excluding steroid dienone is 2. The predicted molar refractivity (Wildman–Crippen MR) is 48.5 cm³/mol. The summed E-state index contributed by atoms with van der Waals surface area (Å²) in [5.74, 6) is 0. The van der Waals surface area contributed by atoms with Crippen molar-refractivity contribution in [3.05, 3.63) is 22.2 Å². The number of aliphatic hydroxyl groups excluding tert-OH is 1. The Morgan fingerprint density at radius 1 is 1.36 bits per heavy atom. The summed E-state index contributed by atoms with van der Waals surface area (Å²) in [6.45, 7) is 0. The van der Waals surface area contributed by atoms with E-state index in [0.29, 0.717) is 6.08 Å². The van der Waals surface area contributed by atoms with E-state index in [4.69, 9.17) is 39.9 Å². The molecular formula is C7H4Cl3F3O. The molecule has 1 nitrogen and oxygen atoms in total. The maximum absolute atomic E-state index is 12.4. The SMILES string of the molecule is OC1C=CC(Cl)(C(F)(F)F)C(Cl)=C1Cl. The summed E-state index contributed by atoms with van der Waals surface area (Å²) < 4.78 is 37.3. The van der Waals surface area contributed by atoms with Crippen molar-refractivity contribution in [2.75, 3.05) is 0 Å². The molecule has 0 aromatic rings. The molecule has 1 aliphatic carbocycles. The third kappa shape index (κ3) is 1.76. The summed E-state index contributed by atoms with van der Waals surface area (Å²) in [6.07, 6.45) is -4.68. The van der Waals surface area contributed by atoms with E-state index < -0.39 is 27.2 Å². The van der Waals surface area contributed by atoms with Gasteiger partial charge in [-0.3, -0.25) is 0 Å². The van der Waals surface area contributed by atoms with E-state index in [1.54, 1.807) is 0 Å². The second-order valence-electron chi connectivity index (χ2n) is 2.68. The molecule has 1 aliphatic rings. The first-order valence-electron chi connectivity index (χ1n) is 3.39. The fraction of sp³-hybridized carbons (Fsp3) is 0.429. The van der Waals surface area contributed by atoms with Crippen LogP contribution in [0, 0.1) is 0 Å². The number of halogens is 6. The summed E-state index contributed by atoms with van der Waals surface area (Å²) in [5.41, 5.74) is 0. The minimum Gasteiger partial charge on any atom is -0.383 e. The average molecular weight is 267 g/mol. The molecule has 2 unspecified atom stereocenters. The van der Waals surface area contributed by atoms with Crippen LogP contribution < -0.4 is 0 Å². The standard InChI is InChI=1S/C7H4Cl3F3O/c8-4-3(14)1-2-6(10,5(4)9)7(11,12)13/h1-3,14H. The van der Waals surface area contributed by atoms with Gasteiger partial charge < -0.3 is 5.11 Å². The smallest absolute Gasteiger partial charge is 0.383 e. The van der Waals surface area contributed by atoms with Crippen molar-refractivity contribution >= 4 is 34.8 Å². The second-order valence-corrected chi connectivity index (χ2v) is 4.06. The van der Waals surface area contributed by atoms with Gasteiger partial charge in [0.2, 0.25) is 0 Å². The van der Waals surface area contributed by atoms with Crippen molar-refractivity contribution < 1.29 is 18.3 Å². The highest BCUT2D eigenvalue weighted by Gasteiger charge is 2.56. The van der Waals surface area contributed by atoms with Crippen LogP contribution in [0.5, 0.6) is 0 Å². The molecule has 0 heterocycles. The van der Waals surface area contributed by atoms with Gasteiger partial charge >= 0.3 is 6.18 Å². The molecule has 80 valence electrons. The molecule has 0 bridgehead atoms. The summed E-state index contributed by atoms with van der Waals surface area (Å²) >= 11 is 16.0. The molecule has 2 atom stereocenters. The van der Waals surface area contributed by atoms with Crippen LogP contribution in [0.1, 0.15) is 0 Å². The van der Waals surface area contributed by atoms with Gasteiger partial charge in [0.15, 0.2) is 4.87 Å². The summed E-state index contributed by atoms with van der Waals surface area (Å²) in [4.78, 5) is -2.83. The topological polar surface area (TPSA) is 20.2 Å². The molecule has 0 saturated heterocycles. The summed E-state index contributed by atoms with van der Waals surface area (Å²) in [7, 11) is 0. The molecule has 0 aromatic heterocycles. The van der Waals surface area contributed by atoms with E-state index in [-0.39, 0.29) is 0 Å². The maximum Gasteiger partial charge on any atom is 0.416 e. The third-order valence-electron chi connectivity index (χ3n) is 1.71. The quantitative estimate of drug-likeness (QED) is 0.528. The molecule has 1 N–H and O–H groups in total. The van der Waals surface area contributed by atoms with Crippen LogP contribution in [-0.4, -0.2) is 22.3 Å². The van der Waals surface area contributed by atoms with Crippen LogP contribution in [0.2, 0.25) is 0 Å². The van der Waals surface area contributed by atoms with Crippen LogP contribution >= 0.6 is 34.8 Å². The Hall–Kier alpha value is 0.1000. The van der Waals surface area contributed by atoms with Gasteiger partial charge in [-0.1, -0.05) is 47.0 Å². The Bertz CT molecular complexity index is 310. The third-order valence-corrected chi connectivity index (χ3v) is 3.35. The monoisotopic (exact) mass is 266 g/mol. The molecule has 0 aliphatic heterocycles. The molecule has 0 saturated carbocycles. The van der Waals surface area contributed by atoms with Gasteiger partial charge in [-0.25, -0.2) is 0 Å². The van der Waals surface area contributed by atoms with E-state index in [1.165, 1.54) is 0 Å². The fourth-order valence-corrected chi connectivity index (χ4v) is 1.63. The van der Waals surface area contributed by atoms with E-state index in [0.717, 1.165) is 6.08 Å². The Labute approximate surface area is 92.7 Å². The first-order chi connectivity index (χ1) is 6.20. The molecular weight excluding hydrogens is 263 g/mol. The zero-order chi connectivity index (χ0) is 11.1. The highest BCUT2D eigenvalue weighted by atomic mass is 35.5. The van der Waals surface area contributed by atoms with E-state index in [9.17, 15) is 13.2 Å². The highest BCUT2D eigenvalue weighted by Crippen LogP contribution is 2.48. The van der Waals surface area contributed by atoms with Gasteiger partial charge in [0.1, 0.15) is 6.10 Å². The van der Waals surface area contributed by atoms with Crippen LogP contribution in [0.15, 0.2) is 22.2 Å². The van der Waals surface area contributed by atoms with Crippen molar-refractivity contribution in [2.24, 2.45) is 0 Å². The minimum absolute atomic E-state index is 0.513.